The molecule has 3 rings (SSSR count). The van der Waals surface area contributed by atoms with Gasteiger partial charge in [-0.25, -0.2) is 13.2 Å². The summed E-state index contributed by atoms with van der Waals surface area (Å²) in [6.45, 7) is 3.35. The molecule has 2 amide bonds. The quantitative estimate of drug-likeness (QED) is 0.845. The molecule has 1 aliphatic heterocycles. The zero-order valence-electron chi connectivity index (χ0n) is 15.1. The summed E-state index contributed by atoms with van der Waals surface area (Å²) in [5.41, 5.74) is 1.93. The summed E-state index contributed by atoms with van der Waals surface area (Å²) < 4.78 is 23.2. The molecule has 0 saturated heterocycles. The Hall–Kier alpha value is -2.94. The molecule has 0 spiro atoms. The molecule has 27 heavy (non-hydrogen) atoms. The molecule has 9 heteroatoms. The van der Waals surface area contributed by atoms with Gasteiger partial charge in [0.1, 0.15) is 0 Å². The number of hydrogen-bond acceptors (Lipinski definition) is 5. The maximum Gasteiger partial charge on any atom is 0.411 e. The van der Waals surface area contributed by atoms with Crippen molar-refractivity contribution in [1.29, 1.82) is 0 Å². The van der Waals surface area contributed by atoms with Gasteiger partial charge in [-0.15, -0.1) is 0 Å². The third-order valence-corrected chi connectivity index (χ3v) is 5.58. The summed E-state index contributed by atoms with van der Waals surface area (Å²) >= 11 is 0. The summed E-state index contributed by atoms with van der Waals surface area (Å²) in [5, 5.41) is 9.55. The first-order valence-electron chi connectivity index (χ1n) is 8.20. The number of rotatable bonds is 2. The van der Waals surface area contributed by atoms with Crippen LogP contribution in [0.3, 0.4) is 0 Å². The first-order chi connectivity index (χ1) is 12.6. The maximum atomic E-state index is 12.0. The molecule has 8 nitrogen and oxygen atoms in total. The predicted molar refractivity (Wildman–Crippen MR) is 101 cm³/mol. The smallest absolute Gasteiger partial charge is 0.411 e. The lowest BCUT2D eigenvalue weighted by molar-refractivity contribution is -0.117. The summed E-state index contributed by atoms with van der Waals surface area (Å²) in [5.74, 6) is -0.194. The summed E-state index contributed by atoms with van der Waals surface area (Å²) in [4.78, 5) is 30.9. The molecule has 1 aliphatic rings. The Morgan fingerprint density at radius 2 is 1.81 bits per heavy atom. The Morgan fingerprint density at radius 3 is 2.33 bits per heavy atom. The van der Waals surface area contributed by atoms with Crippen LogP contribution in [-0.2, 0) is 14.6 Å². The Bertz CT molecular complexity index is 1020. The molecule has 1 atom stereocenters. The number of benzene rings is 1. The molecule has 142 valence electrons. The van der Waals surface area contributed by atoms with Gasteiger partial charge < -0.3 is 10.0 Å². The molecule has 1 aromatic carbocycles. The Balaban J connectivity index is 2.10. The fraction of sp³-hybridized carbons (Fsp3) is 0.278. The molecule has 0 saturated carbocycles. The van der Waals surface area contributed by atoms with Crippen molar-refractivity contribution in [3.63, 3.8) is 0 Å². The van der Waals surface area contributed by atoms with E-state index in [4.69, 9.17) is 0 Å². The van der Waals surface area contributed by atoms with E-state index in [9.17, 15) is 23.1 Å². The van der Waals surface area contributed by atoms with E-state index in [-0.39, 0.29) is 23.4 Å². The zero-order valence-corrected chi connectivity index (χ0v) is 15.9. The van der Waals surface area contributed by atoms with E-state index < -0.39 is 15.9 Å². The van der Waals surface area contributed by atoms with Gasteiger partial charge in [-0.2, -0.15) is 0 Å². The number of pyridine rings is 1. The van der Waals surface area contributed by atoms with Crippen LogP contribution in [-0.4, -0.2) is 49.4 Å². The number of nitrogens with zero attached hydrogens (tertiary/aromatic N) is 3. The topological polar surface area (TPSA) is 108 Å². The molecule has 2 heterocycles. The molecular formula is C18H19N3O5S. The van der Waals surface area contributed by atoms with Gasteiger partial charge in [-0.3, -0.25) is 14.7 Å². The van der Waals surface area contributed by atoms with E-state index in [1.807, 2.05) is 0 Å². The van der Waals surface area contributed by atoms with Gasteiger partial charge in [0.05, 0.1) is 34.2 Å². The van der Waals surface area contributed by atoms with Crippen LogP contribution < -0.4 is 9.80 Å². The normalized spacial score (nSPS) is 16.8. The first kappa shape index (κ1) is 18.8. The number of anilines is 2. The molecule has 1 aromatic heterocycles. The molecule has 0 unspecified atom stereocenters. The lowest BCUT2D eigenvalue weighted by Crippen LogP contribution is -2.51. The third-order valence-electron chi connectivity index (χ3n) is 4.45. The van der Waals surface area contributed by atoms with E-state index in [2.05, 4.69) is 4.98 Å². The molecular weight excluding hydrogens is 370 g/mol. The van der Waals surface area contributed by atoms with Crippen molar-refractivity contribution in [3.8, 4) is 11.3 Å². The van der Waals surface area contributed by atoms with Gasteiger partial charge in [0.15, 0.2) is 9.84 Å². The minimum atomic E-state index is -3.31. The number of carbonyl (C=O) groups is 2. The first-order valence-corrected chi connectivity index (χ1v) is 10.1. The van der Waals surface area contributed by atoms with Gasteiger partial charge >= 0.3 is 6.09 Å². The molecule has 0 radical (unpaired) electrons. The second kappa shape index (κ2) is 6.66. The number of fused-ring (bicyclic) bond motifs is 1. The van der Waals surface area contributed by atoms with Crippen LogP contribution in [0.4, 0.5) is 16.2 Å². The fourth-order valence-electron chi connectivity index (χ4n) is 3.21. The molecule has 2 aromatic rings. The number of amides is 2. The molecule has 0 aliphatic carbocycles. The van der Waals surface area contributed by atoms with Crippen molar-refractivity contribution in [2.75, 3.05) is 22.6 Å². The van der Waals surface area contributed by atoms with Crippen LogP contribution in [0.1, 0.15) is 13.8 Å². The number of hydrogen-bond donors (Lipinski definition) is 1. The van der Waals surface area contributed by atoms with Crippen molar-refractivity contribution < 1.29 is 23.1 Å². The Kier molecular flexibility index (Phi) is 4.64. The lowest BCUT2D eigenvalue weighted by Gasteiger charge is -2.39. The highest BCUT2D eigenvalue weighted by atomic mass is 32.2. The van der Waals surface area contributed by atoms with E-state index in [0.29, 0.717) is 22.6 Å². The van der Waals surface area contributed by atoms with E-state index in [0.717, 1.165) is 6.26 Å². The highest BCUT2D eigenvalue weighted by molar-refractivity contribution is 7.90. The van der Waals surface area contributed by atoms with E-state index in [1.165, 1.54) is 35.1 Å². The minimum absolute atomic E-state index is 0.151. The summed E-state index contributed by atoms with van der Waals surface area (Å²) in [6, 6.07) is 7.47. The lowest BCUT2D eigenvalue weighted by atomic mass is 10.1. The van der Waals surface area contributed by atoms with Gasteiger partial charge in [0.25, 0.3) is 0 Å². The van der Waals surface area contributed by atoms with Gasteiger partial charge in [-0.05, 0) is 25.1 Å². The van der Waals surface area contributed by atoms with Gasteiger partial charge in [0.2, 0.25) is 5.91 Å². The zero-order chi connectivity index (χ0) is 19.9. The monoisotopic (exact) mass is 389 g/mol. The van der Waals surface area contributed by atoms with E-state index in [1.54, 1.807) is 25.1 Å². The standard InChI is InChI=1S/C18H19N3O5S/c1-11-10-20(18(23)24)16-8-15(19-9-17(16)21(11)12(2)22)13-4-6-14(7-5-13)27(3,25)26/h4-9,11H,10H2,1-3H3,(H,23,24)/t11-/m0/s1. The Morgan fingerprint density at radius 1 is 1.19 bits per heavy atom. The third kappa shape index (κ3) is 3.50. The second-order valence-electron chi connectivity index (χ2n) is 6.49. The fourth-order valence-corrected chi connectivity index (χ4v) is 3.84. The minimum Gasteiger partial charge on any atom is -0.465 e. The molecule has 0 bridgehead atoms. The maximum absolute atomic E-state index is 12.0. The van der Waals surface area contributed by atoms with Crippen LogP contribution in [0.15, 0.2) is 41.4 Å². The average Bonchev–Trinajstić information content (AvgIpc) is 2.59. The Labute approximate surface area is 157 Å². The van der Waals surface area contributed by atoms with Crippen molar-refractivity contribution in [3.05, 3.63) is 36.5 Å². The van der Waals surface area contributed by atoms with Gasteiger partial charge in [0, 0.05) is 25.3 Å². The van der Waals surface area contributed by atoms with E-state index >= 15 is 0 Å². The molecule has 0 fully saturated rings. The van der Waals surface area contributed by atoms with Crippen molar-refractivity contribution in [2.24, 2.45) is 0 Å². The number of carboxylic acid groups (broad SMARTS) is 1. The highest BCUT2D eigenvalue weighted by Crippen LogP contribution is 2.37. The van der Waals surface area contributed by atoms with Gasteiger partial charge in [-0.1, -0.05) is 12.1 Å². The molecule has 1 N–H and O–H groups in total. The van der Waals surface area contributed by atoms with Crippen molar-refractivity contribution in [1.82, 2.24) is 4.98 Å². The van der Waals surface area contributed by atoms with Crippen molar-refractivity contribution in [2.45, 2.75) is 24.8 Å². The second-order valence-corrected chi connectivity index (χ2v) is 8.50. The highest BCUT2D eigenvalue weighted by Gasteiger charge is 2.34. The van der Waals surface area contributed by atoms with Crippen LogP contribution in [0, 0.1) is 0 Å². The number of sulfone groups is 1. The van der Waals surface area contributed by atoms with Crippen LogP contribution in [0.25, 0.3) is 11.3 Å². The average molecular weight is 389 g/mol. The van der Waals surface area contributed by atoms with Crippen LogP contribution >= 0.6 is 0 Å². The van der Waals surface area contributed by atoms with Crippen LogP contribution in [0.2, 0.25) is 0 Å². The number of aromatic nitrogens is 1. The summed E-state index contributed by atoms with van der Waals surface area (Å²) in [7, 11) is -3.31. The predicted octanol–water partition coefficient (Wildman–Crippen LogP) is 2.39. The summed E-state index contributed by atoms with van der Waals surface area (Å²) in [6.07, 6.45) is 1.49. The largest absolute Gasteiger partial charge is 0.465 e. The number of carbonyl (C=O) groups excluding carboxylic acids is 1. The SMILES string of the molecule is CC(=O)N1c2cnc(-c3ccc(S(C)(=O)=O)cc3)cc2N(C(=O)O)C[C@@H]1C. The van der Waals surface area contributed by atoms with Crippen molar-refractivity contribution >= 4 is 33.2 Å². The van der Waals surface area contributed by atoms with Crippen LogP contribution in [0.5, 0.6) is 0 Å².